The molecule has 5 atom stereocenters. The highest BCUT2D eigenvalue weighted by Gasteiger charge is 2.59. The first kappa shape index (κ1) is 32.1. The molecule has 1 saturated carbocycles. The predicted molar refractivity (Wildman–Crippen MR) is 157 cm³/mol. The van der Waals surface area contributed by atoms with Crippen LogP contribution in [-0.2, 0) is 27.0 Å². The Hall–Kier alpha value is -2.33. The fourth-order valence-electron chi connectivity index (χ4n) is 7.76. The fraction of sp³-hybridized carbons (Fsp3) is 0.758. The Morgan fingerprint density at radius 2 is 1.86 bits per heavy atom. The van der Waals surface area contributed by atoms with Crippen molar-refractivity contribution in [3.8, 4) is 0 Å². The van der Waals surface area contributed by atoms with Crippen LogP contribution in [0, 0.1) is 17.8 Å². The highest BCUT2D eigenvalue weighted by atomic mass is 19.4. The van der Waals surface area contributed by atoms with Crippen molar-refractivity contribution in [2.75, 3.05) is 26.2 Å². The van der Waals surface area contributed by atoms with E-state index in [4.69, 9.17) is 9.47 Å². The van der Waals surface area contributed by atoms with Crippen LogP contribution in [0.4, 0.5) is 18.0 Å². The summed E-state index contributed by atoms with van der Waals surface area (Å²) in [6, 6.07) is 5.79. The summed E-state index contributed by atoms with van der Waals surface area (Å²) in [7, 11) is 0. The van der Waals surface area contributed by atoms with Gasteiger partial charge in [0.15, 0.2) is 0 Å². The summed E-state index contributed by atoms with van der Waals surface area (Å²) in [5, 5.41) is 0. The summed E-state index contributed by atoms with van der Waals surface area (Å²) < 4.78 is 52.0. The second-order valence-corrected chi connectivity index (χ2v) is 14.5. The summed E-state index contributed by atoms with van der Waals surface area (Å²) in [6.45, 7) is 13.0. The molecular formula is C33H48F3N3O4. The third kappa shape index (κ3) is 7.00. The van der Waals surface area contributed by atoms with Gasteiger partial charge in [-0.25, -0.2) is 4.79 Å². The highest BCUT2D eigenvalue weighted by molar-refractivity contribution is 5.78. The van der Waals surface area contributed by atoms with E-state index in [1.54, 1.807) is 17.0 Å². The Labute approximate surface area is 254 Å². The normalized spacial score (nSPS) is 30.0. The molecule has 4 aliphatic rings. The number of hydrogen-bond donors (Lipinski definition) is 0. The number of carbonyl (C=O) groups is 2. The van der Waals surface area contributed by atoms with Gasteiger partial charge in [0.1, 0.15) is 11.3 Å². The van der Waals surface area contributed by atoms with Crippen molar-refractivity contribution in [3.63, 3.8) is 0 Å². The number of hydrogen-bond acceptors (Lipinski definition) is 5. The number of benzene rings is 1. The van der Waals surface area contributed by atoms with E-state index in [1.807, 2.05) is 20.8 Å². The van der Waals surface area contributed by atoms with Gasteiger partial charge < -0.3 is 19.3 Å². The molecule has 0 radical (unpaired) electrons. The number of alkyl halides is 3. The molecule has 7 nitrogen and oxygen atoms in total. The van der Waals surface area contributed by atoms with Gasteiger partial charge in [-0.05, 0) is 88.8 Å². The van der Waals surface area contributed by atoms with E-state index >= 15 is 0 Å². The third-order valence-electron chi connectivity index (χ3n) is 9.87. The van der Waals surface area contributed by atoms with Crippen LogP contribution in [0.25, 0.3) is 0 Å². The fourth-order valence-corrected chi connectivity index (χ4v) is 7.76. The Morgan fingerprint density at radius 3 is 2.51 bits per heavy atom. The lowest BCUT2D eigenvalue weighted by atomic mass is 9.72. The average Bonchev–Trinajstić information content (AvgIpc) is 3.33. The van der Waals surface area contributed by atoms with Crippen LogP contribution in [-0.4, -0.2) is 76.4 Å². The van der Waals surface area contributed by atoms with Gasteiger partial charge in [0, 0.05) is 44.6 Å². The monoisotopic (exact) mass is 607 g/mol. The molecule has 3 heterocycles. The summed E-state index contributed by atoms with van der Waals surface area (Å²) in [4.78, 5) is 32.3. The molecular weight excluding hydrogens is 559 g/mol. The molecule has 1 aliphatic carbocycles. The molecule has 10 heteroatoms. The first-order valence-electron chi connectivity index (χ1n) is 16.0. The van der Waals surface area contributed by atoms with Crippen molar-refractivity contribution in [1.82, 2.24) is 14.7 Å². The maximum absolute atomic E-state index is 13.3. The molecule has 3 saturated heterocycles. The molecule has 43 heavy (non-hydrogen) atoms. The molecule has 0 aromatic heterocycles. The summed E-state index contributed by atoms with van der Waals surface area (Å²) >= 11 is 0. The number of amides is 2. The lowest BCUT2D eigenvalue weighted by molar-refractivity contribution is -0.192. The van der Waals surface area contributed by atoms with E-state index in [0.29, 0.717) is 38.6 Å². The van der Waals surface area contributed by atoms with E-state index in [1.165, 1.54) is 0 Å². The van der Waals surface area contributed by atoms with Crippen LogP contribution in [0.3, 0.4) is 0 Å². The van der Waals surface area contributed by atoms with Crippen molar-refractivity contribution in [2.45, 2.75) is 116 Å². The number of carbonyl (C=O) groups excluding carboxylic acids is 2. The number of piperidine rings is 2. The zero-order valence-electron chi connectivity index (χ0n) is 26.3. The Kier molecular flexibility index (Phi) is 9.12. The number of likely N-dealkylation sites (tertiary alicyclic amines) is 1. The van der Waals surface area contributed by atoms with Crippen molar-refractivity contribution in [3.05, 3.63) is 35.4 Å². The Bertz CT molecular complexity index is 1150. The predicted octanol–water partition coefficient (Wildman–Crippen LogP) is 6.70. The number of nitrogens with zero attached hydrogens (tertiary/aromatic N) is 3. The third-order valence-corrected chi connectivity index (χ3v) is 9.87. The molecule has 0 bridgehead atoms. The van der Waals surface area contributed by atoms with Crippen molar-refractivity contribution in [1.29, 1.82) is 0 Å². The van der Waals surface area contributed by atoms with Crippen LogP contribution in [0.1, 0.15) is 90.7 Å². The lowest BCUT2D eigenvalue weighted by Crippen LogP contribution is -2.63. The van der Waals surface area contributed by atoms with E-state index in [9.17, 15) is 22.8 Å². The molecule has 240 valence electrons. The standard InChI is InChI=1S/C33H48F3N3O4/c1-22(2)28-21-42-32-15-14-27(17-26(32)12-13-29(40)39(28)32)38(18-23-8-10-25(11-9-23)33(34,35)36)20-24-7-6-16-37(19-24)30(41)43-31(3,4)5/h8-11,22,24,26-28H,6-7,12-21H2,1-5H3/t24-,26+,27-,28+,32+/m0/s1. The van der Waals surface area contributed by atoms with Crippen LogP contribution < -0.4 is 0 Å². The maximum Gasteiger partial charge on any atom is 0.416 e. The van der Waals surface area contributed by atoms with Crippen LogP contribution >= 0.6 is 0 Å². The number of rotatable bonds is 6. The smallest absolute Gasteiger partial charge is 0.416 e. The average molecular weight is 608 g/mol. The molecule has 1 aromatic carbocycles. The van der Waals surface area contributed by atoms with Crippen molar-refractivity contribution >= 4 is 12.0 Å². The van der Waals surface area contributed by atoms with Gasteiger partial charge in [-0.1, -0.05) is 26.0 Å². The zero-order valence-corrected chi connectivity index (χ0v) is 26.3. The minimum absolute atomic E-state index is 0.0937. The minimum Gasteiger partial charge on any atom is -0.444 e. The van der Waals surface area contributed by atoms with Gasteiger partial charge in [0.2, 0.25) is 5.91 Å². The molecule has 1 aromatic rings. The van der Waals surface area contributed by atoms with Crippen LogP contribution in [0.5, 0.6) is 0 Å². The van der Waals surface area contributed by atoms with Crippen molar-refractivity contribution in [2.24, 2.45) is 17.8 Å². The largest absolute Gasteiger partial charge is 0.444 e. The first-order valence-corrected chi connectivity index (χ1v) is 16.0. The summed E-state index contributed by atoms with van der Waals surface area (Å²) in [5.41, 5.74) is -0.916. The lowest BCUT2D eigenvalue weighted by Gasteiger charge is -2.54. The zero-order chi connectivity index (χ0) is 31.2. The van der Waals surface area contributed by atoms with Gasteiger partial charge >= 0.3 is 12.3 Å². The SMILES string of the molecule is CC(C)[C@H]1CO[C@]23CC[C@H](N(Cc4ccc(C(F)(F)F)cc4)C[C@H]4CCCN(C(=O)OC(C)(C)C)C4)C[C@H]2CCC(=O)N13. The van der Waals surface area contributed by atoms with Crippen LogP contribution in [0.15, 0.2) is 24.3 Å². The van der Waals surface area contributed by atoms with Crippen molar-refractivity contribution < 1.29 is 32.2 Å². The van der Waals surface area contributed by atoms with Crippen LogP contribution in [0.2, 0.25) is 0 Å². The van der Waals surface area contributed by atoms with Gasteiger partial charge in [-0.2, -0.15) is 13.2 Å². The minimum atomic E-state index is -4.37. The molecule has 5 rings (SSSR count). The Morgan fingerprint density at radius 1 is 1.14 bits per heavy atom. The number of ether oxygens (including phenoxy) is 2. The second-order valence-electron chi connectivity index (χ2n) is 14.5. The first-order chi connectivity index (χ1) is 20.2. The van der Waals surface area contributed by atoms with E-state index in [2.05, 4.69) is 23.6 Å². The molecule has 0 unspecified atom stereocenters. The van der Waals surface area contributed by atoms with E-state index in [-0.39, 0.29) is 35.9 Å². The van der Waals surface area contributed by atoms with Gasteiger partial charge in [-0.15, -0.1) is 0 Å². The Balaban J connectivity index is 1.34. The molecule has 2 amide bonds. The van der Waals surface area contributed by atoms with Gasteiger partial charge in [0.05, 0.1) is 18.2 Å². The molecule has 1 spiro atoms. The van der Waals surface area contributed by atoms with Gasteiger partial charge in [-0.3, -0.25) is 9.69 Å². The number of halogens is 3. The highest BCUT2D eigenvalue weighted by Crippen LogP contribution is 2.51. The topological polar surface area (TPSA) is 62.3 Å². The summed E-state index contributed by atoms with van der Waals surface area (Å²) in [6.07, 6.45) is 0.986. The van der Waals surface area contributed by atoms with E-state index in [0.717, 1.165) is 62.8 Å². The van der Waals surface area contributed by atoms with Gasteiger partial charge in [0.25, 0.3) is 0 Å². The molecule has 3 aliphatic heterocycles. The van der Waals surface area contributed by atoms with E-state index < -0.39 is 23.1 Å². The second kappa shape index (κ2) is 12.2. The molecule has 4 fully saturated rings. The summed E-state index contributed by atoms with van der Waals surface area (Å²) in [5.74, 6) is 0.948. The molecule has 0 N–H and O–H groups in total. The maximum atomic E-state index is 13.3. The quantitative estimate of drug-likeness (QED) is 0.360.